The Labute approximate surface area is 252 Å². The van der Waals surface area contributed by atoms with Crippen LogP contribution in [0.4, 0.5) is 4.79 Å². The van der Waals surface area contributed by atoms with E-state index in [2.05, 4.69) is 68.5 Å². The number of hydrogen-bond acceptors (Lipinski definition) is 4. The van der Waals surface area contributed by atoms with Crippen molar-refractivity contribution in [2.45, 2.75) is 97.0 Å². The Morgan fingerprint density at radius 2 is 1.57 bits per heavy atom. The van der Waals surface area contributed by atoms with Crippen molar-refractivity contribution in [1.82, 2.24) is 15.3 Å². The SMILES string of the molecule is CC(C)[Si](C#CN(/N=C/c1ccccc1)C(=O)N[C@@H](Cc1c[nH]c2ccccc12)C(=O)OC(C)(C)C)(C(C)C)C(C)C. The molecule has 1 heterocycles. The van der Waals surface area contributed by atoms with Gasteiger partial charge in [-0.1, -0.05) is 90.1 Å². The number of nitrogens with one attached hydrogen (secondary N) is 2. The van der Waals surface area contributed by atoms with E-state index in [1.165, 1.54) is 0 Å². The monoisotopic (exact) mass is 586 g/mol. The molecular weight excluding hydrogens is 540 g/mol. The highest BCUT2D eigenvalue weighted by Crippen LogP contribution is 2.40. The third-order valence-electron chi connectivity index (χ3n) is 7.65. The lowest BCUT2D eigenvalue weighted by molar-refractivity contribution is -0.157. The van der Waals surface area contributed by atoms with E-state index in [1.54, 1.807) is 6.21 Å². The summed E-state index contributed by atoms with van der Waals surface area (Å²) in [6.45, 7) is 18.8. The Balaban J connectivity index is 2.02. The fourth-order valence-corrected chi connectivity index (χ4v) is 10.8. The largest absolute Gasteiger partial charge is 0.458 e. The second-order valence-corrected chi connectivity index (χ2v) is 18.3. The molecule has 0 spiro atoms. The van der Waals surface area contributed by atoms with E-state index in [-0.39, 0.29) is 6.42 Å². The normalized spacial score (nSPS) is 13.0. The number of nitrogens with zero attached hydrogens (tertiary/aromatic N) is 2. The zero-order valence-electron chi connectivity index (χ0n) is 26.5. The summed E-state index contributed by atoms with van der Waals surface area (Å²) in [5.74, 6) is -0.517. The summed E-state index contributed by atoms with van der Waals surface area (Å²) in [5, 5.41) is 9.53. The van der Waals surface area contributed by atoms with Crippen LogP contribution in [0, 0.1) is 11.6 Å². The number of rotatable bonds is 9. The molecule has 1 atom stereocenters. The number of amides is 2. The Morgan fingerprint density at radius 3 is 2.17 bits per heavy atom. The zero-order valence-corrected chi connectivity index (χ0v) is 27.5. The van der Waals surface area contributed by atoms with Gasteiger partial charge in [0.25, 0.3) is 0 Å². The number of hydrogen-bond donors (Lipinski definition) is 2. The summed E-state index contributed by atoms with van der Waals surface area (Å²) < 4.78 is 5.73. The first-order chi connectivity index (χ1) is 19.7. The van der Waals surface area contributed by atoms with Crippen LogP contribution in [0.25, 0.3) is 10.9 Å². The molecule has 0 fully saturated rings. The van der Waals surface area contributed by atoms with E-state index in [9.17, 15) is 9.59 Å². The van der Waals surface area contributed by atoms with Gasteiger partial charge in [-0.25, -0.2) is 9.59 Å². The van der Waals surface area contributed by atoms with Crippen LogP contribution in [0.1, 0.15) is 73.4 Å². The van der Waals surface area contributed by atoms with Crippen LogP contribution in [-0.4, -0.2) is 47.9 Å². The van der Waals surface area contributed by atoms with Crippen LogP contribution in [0.15, 0.2) is 65.9 Å². The summed E-state index contributed by atoms with van der Waals surface area (Å²) in [5.41, 5.74) is 6.69. The lowest BCUT2D eigenvalue weighted by Crippen LogP contribution is -2.49. The Kier molecular flexibility index (Phi) is 10.8. The van der Waals surface area contributed by atoms with Crippen molar-refractivity contribution in [2.24, 2.45) is 5.10 Å². The molecule has 0 aliphatic rings. The standard InChI is InChI=1S/C34H46N4O3Si/c1-24(2)42(25(3)4,26(5)6)20-19-38(36-22-27-15-11-10-12-16-27)33(40)37-31(32(39)41-34(7,8)9)21-28-23-35-30-18-14-13-17-29(28)30/h10-18,22-26,31,35H,21H2,1-9H3,(H,37,40)/b36-22+/t31-/m0/s1. The molecule has 3 rings (SSSR count). The quantitative estimate of drug-likeness (QED) is 0.0674. The van der Waals surface area contributed by atoms with Crippen molar-refractivity contribution in [3.8, 4) is 11.6 Å². The van der Waals surface area contributed by atoms with Crippen molar-refractivity contribution in [3.63, 3.8) is 0 Å². The van der Waals surface area contributed by atoms with Crippen molar-refractivity contribution >= 4 is 37.2 Å². The van der Waals surface area contributed by atoms with Crippen LogP contribution in [0.2, 0.25) is 16.6 Å². The van der Waals surface area contributed by atoms with Gasteiger partial charge in [0.15, 0.2) is 0 Å². The first-order valence-corrected chi connectivity index (χ1v) is 17.0. The van der Waals surface area contributed by atoms with Gasteiger partial charge >= 0.3 is 12.0 Å². The van der Waals surface area contributed by atoms with Crippen molar-refractivity contribution in [3.05, 3.63) is 71.9 Å². The number of aromatic nitrogens is 1. The molecule has 0 saturated carbocycles. The summed E-state index contributed by atoms with van der Waals surface area (Å²) in [7, 11) is -2.17. The second kappa shape index (κ2) is 13.9. The van der Waals surface area contributed by atoms with Crippen molar-refractivity contribution < 1.29 is 14.3 Å². The number of ether oxygens (including phenoxy) is 1. The molecule has 3 aromatic rings. The molecule has 0 unspecified atom stereocenters. The van der Waals surface area contributed by atoms with Gasteiger partial charge in [-0.15, -0.1) is 10.6 Å². The van der Waals surface area contributed by atoms with Gasteiger partial charge < -0.3 is 15.0 Å². The minimum atomic E-state index is -2.17. The number of benzene rings is 2. The highest BCUT2D eigenvalue weighted by Gasteiger charge is 2.42. The van der Waals surface area contributed by atoms with E-state index < -0.39 is 31.7 Å². The fraction of sp³-hybridized carbons (Fsp3) is 0.441. The molecule has 0 aliphatic heterocycles. The summed E-state index contributed by atoms with van der Waals surface area (Å²) >= 11 is 0. The minimum Gasteiger partial charge on any atom is -0.458 e. The maximum Gasteiger partial charge on any atom is 0.350 e. The second-order valence-electron chi connectivity index (χ2n) is 12.7. The van der Waals surface area contributed by atoms with E-state index in [0.29, 0.717) is 16.6 Å². The Bertz CT molecular complexity index is 1420. The molecule has 2 amide bonds. The number of fused-ring (bicyclic) bond motifs is 1. The number of esters is 1. The first-order valence-electron chi connectivity index (χ1n) is 14.7. The van der Waals surface area contributed by atoms with E-state index in [1.807, 2.05) is 81.6 Å². The molecule has 2 aromatic carbocycles. The predicted molar refractivity (Wildman–Crippen MR) is 175 cm³/mol. The number of carbonyl (C=O) groups excluding carboxylic acids is 2. The van der Waals surface area contributed by atoms with Crippen LogP contribution >= 0.6 is 0 Å². The minimum absolute atomic E-state index is 0.247. The van der Waals surface area contributed by atoms with Crippen LogP contribution < -0.4 is 5.32 Å². The van der Waals surface area contributed by atoms with Gasteiger partial charge in [0.05, 0.1) is 6.21 Å². The molecule has 0 aliphatic carbocycles. The van der Waals surface area contributed by atoms with Gasteiger partial charge in [-0.05, 0) is 54.6 Å². The smallest absolute Gasteiger partial charge is 0.350 e. The van der Waals surface area contributed by atoms with Crippen LogP contribution in [0.5, 0.6) is 0 Å². The number of aromatic amines is 1. The average molecular weight is 587 g/mol. The zero-order chi connectivity index (χ0) is 31.1. The third kappa shape index (κ3) is 8.13. The van der Waals surface area contributed by atoms with Crippen LogP contribution in [-0.2, 0) is 16.0 Å². The van der Waals surface area contributed by atoms with Gasteiger partial charge in [0.2, 0.25) is 0 Å². The molecule has 1 aromatic heterocycles. The Morgan fingerprint density at radius 1 is 0.976 bits per heavy atom. The number of hydrazone groups is 1. The number of para-hydroxylation sites is 1. The lowest BCUT2D eigenvalue weighted by atomic mass is 10.0. The highest BCUT2D eigenvalue weighted by molar-refractivity contribution is 6.90. The number of carbonyl (C=O) groups is 2. The van der Waals surface area contributed by atoms with Crippen LogP contribution in [0.3, 0.4) is 0 Å². The van der Waals surface area contributed by atoms with Crippen molar-refractivity contribution in [1.29, 1.82) is 0 Å². The lowest BCUT2D eigenvalue weighted by Gasteiger charge is -2.38. The summed E-state index contributed by atoms with van der Waals surface area (Å²) in [6.07, 6.45) is 3.73. The van der Waals surface area contributed by atoms with E-state index in [4.69, 9.17) is 4.74 Å². The first kappa shape index (κ1) is 32.7. The topological polar surface area (TPSA) is 86.8 Å². The van der Waals surface area contributed by atoms with Gasteiger partial charge in [0, 0.05) is 29.6 Å². The molecule has 0 radical (unpaired) electrons. The predicted octanol–water partition coefficient (Wildman–Crippen LogP) is 7.65. The Hall–Kier alpha value is -3.83. The highest BCUT2D eigenvalue weighted by atomic mass is 28.3. The molecule has 8 heteroatoms. The summed E-state index contributed by atoms with van der Waals surface area (Å²) in [6, 6.07) is 19.0. The fourth-order valence-electron chi connectivity index (χ4n) is 5.68. The van der Waals surface area contributed by atoms with Gasteiger partial charge in [-0.3, -0.25) is 0 Å². The number of H-pyrrole nitrogens is 1. The molecule has 42 heavy (non-hydrogen) atoms. The van der Waals surface area contributed by atoms with Crippen molar-refractivity contribution in [2.75, 3.05) is 0 Å². The number of urea groups is 1. The molecule has 2 N–H and O–H groups in total. The molecule has 7 nitrogen and oxygen atoms in total. The molecular formula is C34H46N4O3Si. The van der Waals surface area contributed by atoms with Gasteiger partial charge in [0.1, 0.15) is 19.7 Å². The van der Waals surface area contributed by atoms with E-state index in [0.717, 1.165) is 27.0 Å². The molecule has 0 saturated heterocycles. The average Bonchev–Trinajstić information content (AvgIpc) is 3.32. The maximum atomic E-state index is 13.9. The maximum absolute atomic E-state index is 13.9. The van der Waals surface area contributed by atoms with E-state index >= 15 is 0 Å². The third-order valence-corrected chi connectivity index (χ3v) is 13.9. The summed E-state index contributed by atoms with van der Waals surface area (Å²) in [4.78, 5) is 30.5. The molecule has 0 bridgehead atoms. The molecule has 224 valence electrons. The van der Waals surface area contributed by atoms with Gasteiger partial charge in [-0.2, -0.15) is 5.10 Å².